The van der Waals surface area contributed by atoms with Gasteiger partial charge in [-0.15, -0.1) is 0 Å². The van der Waals surface area contributed by atoms with Crippen molar-refractivity contribution in [3.63, 3.8) is 0 Å². The zero-order chi connectivity index (χ0) is 11.3. The second-order valence-electron chi connectivity index (χ2n) is 4.05. The van der Waals surface area contributed by atoms with Crippen LogP contribution in [0.2, 0.25) is 0 Å². The Morgan fingerprint density at radius 1 is 1.33 bits per heavy atom. The van der Waals surface area contributed by atoms with E-state index in [1.807, 2.05) is 27.2 Å². The Hall–Kier alpha value is -1.06. The second kappa shape index (κ2) is 5.73. The lowest BCUT2D eigenvalue weighted by Gasteiger charge is -2.12. The number of hydrogen-bond donors (Lipinski definition) is 2. The summed E-state index contributed by atoms with van der Waals surface area (Å²) < 4.78 is 0. The van der Waals surface area contributed by atoms with Crippen molar-refractivity contribution in [3.05, 3.63) is 29.3 Å². The summed E-state index contributed by atoms with van der Waals surface area (Å²) in [7, 11) is 5.95. The lowest BCUT2D eigenvalue weighted by atomic mass is 10.1. The summed E-state index contributed by atoms with van der Waals surface area (Å²) in [6.07, 6.45) is 0.997. The van der Waals surface area contributed by atoms with Crippen LogP contribution in [0, 0.1) is 0 Å². The Morgan fingerprint density at radius 3 is 2.67 bits per heavy atom. The highest BCUT2D eigenvalue weighted by Crippen LogP contribution is 2.19. The van der Waals surface area contributed by atoms with Gasteiger partial charge < -0.3 is 15.3 Å². The van der Waals surface area contributed by atoms with Gasteiger partial charge in [0.1, 0.15) is 5.75 Å². The highest BCUT2D eigenvalue weighted by Gasteiger charge is 2.03. The van der Waals surface area contributed by atoms with Crippen LogP contribution in [0.25, 0.3) is 0 Å². The van der Waals surface area contributed by atoms with E-state index in [2.05, 4.69) is 16.3 Å². The number of rotatable bonds is 5. The maximum Gasteiger partial charge on any atom is 0.120 e. The molecule has 84 valence electrons. The van der Waals surface area contributed by atoms with Crippen molar-refractivity contribution in [1.29, 1.82) is 0 Å². The molecule has 0 aliphatic heterocycles. The van der Waals surface area contributed by atoms with E-state index in [-0.39, 0.29) is 0 Å². The zero-order valence-electron chi connectivity index (χ0n) is 9.75. The maximum absolute atomic E-state index is 9.67. The van der Waals surface area contributed by atoms with Crippen LogP contribution in [0.3, 0.4) is 0 Å². The van der Waals surface area contributed by atoms with Gasteiger partial charge in [0, 0.05) is 12.1 Å². The lowest BCUT2D eigenvalue weighted by Crippen LogP contribution is -2.12. The summed E-state index contributed by atoms with van der Waals surface area (Å²) in [4.78, 5) is 2.05. The Labute approximate surface area is 91.7 Å². The molecule has 0 amide bonds. The summed E-state index contributed by atoms with van der Waals surface area (Å²) in [6.45, 7) is 1.74. The summed E-state index contributed by atoms with van der Waals surface area (Å²) >= 11 is 0. The highest BCUT2D eigenvalue weighted by molar-refractivity contribution is 5.36. The van der Waals surface area contributed by atoms with Gasteiger partial charge in [-0.25, -0.2) is 0 Å². The van der Waals surface area contributed by atoms with Crippen LogP contribution in [0.4, 0.5) is 0 Å². The van der Waals surface area contributed by atoms with E-state index in [1.165, 1.54) is 5.56 Å². The van der Waals surface area contributed by atoms with Crippen molar-refractivity contribution in [1.82, 2.24) is 10.2 Å². The van der Waals surface area contributed by atoms with E-state index < -0.39 is 0 Å². The van der Waals surface area contributed by atoms with Crippen molar-refractivity contribution < 1.29 is 5.11 Å². The smallest absolute Gasteiger partial charge is 0.120 e. The molecular formula is C12H20N2O. The molecule has 0 saturated heterocycles. The third-order valence-electron chi connectivity index (χ3n) is 2.29. The topological polar surface area (TPSA) is 35.5 Å². The molecule has 0 aliphatic rings. The van der Waals surface area contributed by atoms with Gasteiger partial charge in [-0.05, 0) is 45.7 Å². The summed E-state index contributed by atoms with van der Waals surface area (Å²) in [5.41, 5.74) is 2.26. The first-order valence-electron chi connectivity index (χ1n) is 5.23. The monoisotopic (exact) mass is 208 g/mol. The molecule has 0 heterocycles. The number of benzene rings is 1. The van der Waals surface area contributed by atoms with Crippen molar-refractivity contribution in [3.8, 4) is 5.75 Å². The molecule has 1 rings (SSSR count). The molecule has 15 heavy (non-hydrogen) atoms. The molecule has 3 heteroatoms. The molecule has 0 radical (unpaired) electrons. The van der Waals surface area contributed by atoms with Gasteiger partial charge in [0.2, 0.25) is 0 Å². The second-order valence-corrected chi connectivity index (χ2v) is 4.05. The molecule has 0 atom stereocenters. The molecule has 0 bridgehead atoms. The minimum Gasteiger partial charge on any atom is -0.508 e. The molecule has 3 nitrogen and oxygen atoms in total. The summed E-state index contributed by atoms with van der Waals surface area (Å²) in [5, 5.41) is 12.8. The van der Waals surface area contributed by atoms with Crippen LogP contribution in [-0.4, -0.2) is 37.7 Å². The van der Waals surface area contributed by atoms with Crippen molar-refractivity contribution in [2.24, 2.45) is 0 Å². The predicted octanol–water partition coefficient (Wildman–Crippen LogP) is 1.22. The van der Waals surface area contributed by atoms with E-state index >= 15 is 0 Å². The number of hydrogen-bond acceptors (Lipinski definition) is 3. The predicted molar refractivity (Wildman–Crippen MR) is 63.1 cm³/mol. The maximum atomic E-state index is 9.67. The number of nitrogens with zero attached hydrogens (tertiary/aromatic N) is 1. The number of nitrogens with one attached hydrogen (secondary N) is 1. The molecule has 0 aromatic heterocycles. The van der Waals surface area contributed by atoms with E-state index in [4.69, 9.17) is 0 Å². The Bertz CT molecular complexity index is 310. The van der Waals surface area contributed by atoms with Gasteiger partial charge in [-0.2, -0.15) is 0 Å². The summed E-state index contributed by atoms with van der Waals surface area (Å²) in [5.74, 6) is 0.386. The quantitative estimate of drug-likeness (QED) is 0.763. The normalized spacial score (nSPS) is 10.9. The fraction of sp³-hybridized carbons (Fsp3) is 0.500. The minimum atomic E-state index is 0.386. The van der Waals surface area contributed by atoms with Gasteiger partial charge in [-0.3, -0.25) is 0 Å². The SMILES string of the molecule is CNCCc1ccc(O)c(CN(C)C)c1. The van der Waals surface area contributed by atoms with Crippen molar-refractivity contribution in [2.45, 2.75) is 13.0 Å². The van der Waals surface area contributed by atoms with E-state index in [1.54, 1.807) is 6.07 Å². The number of aromatic hydroxyl groups is 1. The molecule has 1 aromatic carbocycles. The van der Waals surface area contributed by atoms with Gasteiger partial charge in [0.15, 0.2) is 0 Å². The van der Waals surface area contributed by atoms with Gasteiger partial charge in [0.25, 0.3) is 0 Å². The van der Waals surface area contributed by atoms with Crippen molar-refractivity contribution in [2.75, 3.05) is 27.7 Å². The van der Waals surface area contributed by atoms with Gasteiger partial charge in [0.05, 0.1) is 0 Å². The Morgan fingerprint density at radius 2 is 2.07 bits per heavy atom. The molecule has 1 aromatic rings. The highest BCUT2D eigenvalue weighted by atomic mass is 16.3. The largest absolute Gasteiger partial charge is 0.508 e. The molecule has 0 fully saturated rings. The average Bonchev–Trinajstić information content (AvgIpc) is 2.18. The number of phenolic OH excluding ortho intramolecular Hbond substituents is 1. The number of phenols is 1. The van der Waals surface area contributed by atoms with E-state index in [9.17, 15) is 5.11 Å². The standard InChI is InChI=1S/C12H20N2O/c1-13-7-6-10-4-5-12(15)11(8-10)9-14(2)3/h4-5,8,13,15H,6-7,9H2,1-3H3. The molecule has 0 saturated carbocycles. The van der Waals surface area contributed by atoms with Crippen LogP contribution in [-0.2, 0) is 13.0 Å². The van der Waals surface area contributed by atoms with Crippen LogP contribution >= 0.6 is 0 Å². The molecule has 0 aliphatic carbocycles. The Balaban J connectivity index is 2.75. The van der Waals surface area contributed by atoms with Gasteiger partial charge in [-0.1, -0.05) is 12.1 Å². The third-order valence-corrected chi connectivity index (χ3v) is 2.29. The molecule has 0 unspecified atom stereocenters. The first-order chi connectivity index (χ1) is 7.13. The van der Waals surface area contributed by atoms with E-state index in [0.717, 1.165) is 25.1 Å². The number of likely N-dealkylation sites (N-methyl/N-ethyl adjacent to an activating group) is 1. The molecule has 0 spiro atoms. The van der Waals surface area contributed by atoms with Crippen molar-refractivity contribution >= 4 is 0 Å². The minimum absolute atomic E-state index is 0.386. The van der Waals surface area contributed by atoms with Crippen LogP contribution in [0.1, 0.15) is 11.1 Å². The first kappa shape index (κ1) is 12.0. The van der Waals surface area contributed by atoms with Crippen LogP contribution in [0.15, 0.2) is 18.2 Å². The fourth-order valence-electron chi connectivity index (χ4n) is 1.53. The molecular weight excluding hydrogens is 188 g/mol. The van der Waals surface area contributed by atoms with Gasteiger partial charge >= 0.3 is 0 Å². The fourth-order valence-corrected chi connectivity index (χ4v) is 1.53. The molecule has 2 N–H and O–H groups in total. The average molecular weight is 208 g/mol. The Kier molecular flexibility index (Phi) is 4.59. The first-order valence-corrected chi connectivity index (χ1v) is 5.23. The van der Waals surface area contributed by atoms with Crippen LogP contribution < -0.4 is 5.32 Å². The van der Waals surface area contributed by atoms with E-state index in [0.29, 0.717) is 5.75 Å². The van der Waals surface area contributed by atoms with Crippen LogP contribution in [0.5, 0.6) is 5.75 Å². The zero-order valence-corrected chi connectivity index (χ0v) is 9.75. The summed E-state index contributed by atoms with van der Waals surface area (Å²) in [6, 6.07) is 5.84. The lowest BCUT2D eigenvalue weighted by molar-refractivity contribution is 0.385. The third kappa shape index (κ3) is 3.90.